The van der Waals surface area contributed by atoms with Crippen LogP contribution in [-0.4, -0.2) is 33.6 Å². The van der Waals surface area contributed by atoms with Gasteiger partial charge in [-0.1, -0.05) is 0 Å². The van der Waals surface area contributed by atoms with Crippen molar-refractivity contribution < 1.29 is 0 Å². The van der Waals surface area contributed by atoms with Crippen molar-refractivity contribution in [3.8, 4) is 10.7 Å². The predicted octanol–water partition coefficient (Wildman–Crippen LogP) is 5.66. The molecule has 0 amide bonds. The summed E-state index contributed by atoms with van der Waals surface area (Å²) >= 11 is -0.791. The van der Waals surface area contributed by atoms with Gasteiger partial charge in [0.05, 0.1) is 0 Å². The van der Waals surface area contributed by atoms with Gasteiger partial charge < -0.3 is 0 Å². The average molecular weight is 452 g/mol. The Morgan fingerprint density at radius 1 is 0.917 bits per heavy atom. The molecule has 0 saturated heterocycles. The number of hydrogen-bond donors (Lipinski definition) is 0. The molecule has 0 aliphatic heterocycles. The van der Waals surface area contributed by atoms with E-state index in [2.05, 4.69) is 47.4 Å². The van der Waals surface area contributed by atoms with Crippen LogP contribution in [-0.2, 0) is 0 Å². The van der Waals surface area contributed by atoms with Crippen LogP contribution in [0.1, 0.15) is 59.3 Å². The Morgan fingerprint density at radius 3 is 2.04 bits per heavy atom. The number of nitrogens with zero attached hydrogens (tertiary/aromatic N) is 3. The second-order valence-corrected chi connectivity index (χ2v) is 20.7. The second kappa shape index (κ2) is 10.5. The molecule has 0 N–H and O–H groups in total. The van der Waals surface area contributed by atoms with Gasteiger partial charge in [0.25, 0.3) is 0 Å². The Morgan fingerprint density at radius 2 is 1.54 bits per heavy atom. The second-order valence-electron chi connectivity index (χ2n) is 6.72. The van der Waals surface area contributed by atoms with Crippen LogP contribution in [0.15, 0.2) is 23.8 Å². The molecule has 0 atom stereocenters. The average Bonchev–Trinajstić information content (AvgIpc) is 3.16. The summed E-state index contributed by atoms with van der Waals surface area (Å²) in [6, 6.07) is 2.31. The Hall–Kier alpha value is -0.491. The van der Waals surface area contributed by atoms with Crippen LogP contribution in [0.2, 0.25) is 13.3 Å². The van der Waals surface area contributed by atoms with Crippen molar-refractivity contribution in [1.29, 1.82) is 0 Å². The van der Waals surface area contributed by atoms with E-state index in [-0.39, 0.29) is 0 Å². The van der Waals surface area contributed by atoms with Crippen molar-refractivity contribution >= 4 is 33.3 Å². The molecule has 0 unspecified atom stereocenters. The molecule has 0 saturated carbocycles. The molecule has 0 spiro atoms. The molecule has 0 fully saturated rings. The normalized spacial score (nSPS) is 11.8. The zero-order valence-corrected chi connectivity index (χ0v) is 19.1. The third kappa shape index (κ3) is 5.01. The molecule has 3 nitrogen and oxygen atoms in total. The summed E-state index contributed by atoms with van der Waals surface area (Å²) in [6.45, 7) is 6.97. The summed E-state index contributed by atoms with van der Waals surface area (Å²) in [7, 11) is 0. The van der Waals surface area contributed by atoms with E-state index in [9.17, 15) is 0 Å². The topological polar surface area (TPSA) is 38.7 Å². The summed E-state index contributed by atoms with van der Waals surface area (Å²) in [5.41, 5.74) is 1.10. The van der Waals surface area contributed by atoms with Crippen LogP contribution < -0.4 is 3.58 Å². The van der Waals surface area contributed by atoms with Crippen LogP contribution in [0.3, 0.4) is 0 Å². The van der Waals surface area contributed by atoms with E-state index in [4.69, 9.17) is 0 Å². The summed E-state index contributed by atoms with van der Waals surface area (Å²) in [5.74, 6) is 0. The van der Waals surface area contributed by atoms with Gasteiger partial charge in [-0.2, -0.15) is 0 Å². The van der Waals surface area contributed by atoms with Crippen molar-refractivity contribution in [1.82, 2.24) is 15.2 Å². The van der Waals surface area contributed by atoms with Gasteiger partial charge in [0, 0.05) is 0 Å². The van der Waals surface area contributed by atoms with E-state index >= 15 is 0 Å². The molecular formula is C19H31N3SSn. The van der Waals surface area contributed by atoms with E-state index in [0.717, 1.165) is 10.7 Å². The van der Waals surface area contributed by atoms with Gasteiger partial charge in [0.1, 0.15) is 0 Å². The predicted molar refractivity (Wildman–Crippen MR) is 108 cm³/mol. The third-order valence-corrected chi connectivity index (χ3v) is 21.4. The van der Waals surface area contributed by atoms with Crippen molar-refractivity contribution in [2.45, 2.75) is 72.6 Å². The Bertz CT molecular complexity index is 564. The van der Waals surface area contributed by atoms with Crippen LogP contribution in [0.25, 0.3) is 10.7 Å². The molecule has 0 radical (unpaired) electrons. The fourth-order valence-corrected chi connectivity index (χ4v) is 20.9. The van der Waals surface area contributed by atoms with Gasteiger partial charge in [-0.3, -0.25) is 0 Å². The zero-order chi connectivity index (χ0) is 17.3. The molecule has 0 aliphatic rings. The summed E-state index contributed by atoms with van der Waals surface area (Å²) in [4.78, 5) is 4.55. The molecule has 0 aliphatic carbocycles. The first kappa shape index (κ1) is 19.8. The Balaban J connectivity index is 2.48. The monoisotopic (exact) mass is 453 g/mol. The van der Waals surface area contributed by atoms with Gasteiger partial charge in [-0.15, -0.1) is 0 Å². The van der Waals surface area contributed by atoms with Crippen molar-refractivity contribution in [3.63, 3.8) is 0 Å². The van der Waals surface area contributed by atoms with Crippen LogP contribution in [0.4, 0.5) is 0 Å². The van der Waals surface area contributed by atoms with Crippen molar-refractivity contribution in [3.05, 3.63) is 23.8 Å². The van der Waals surface area contributed by atoms with Gasteiger partial charge in [0.15, 0.2) is 0 Å². The quantitative estimate of drug-likeness (QED) is 0.414. The molecular weight excluding hydrogens is 421 g/mol. The van der Waals surface area contributed by atoms with E-state index in [1.54, 1.807) is 14.9 Å². The molecule has 2 aromatic heterocycles. The van der Waals surface area contributed by atoms with Gasteiger partial charge in [-0.25, -0.2) is 0 Å². The molecule has 2 aromatic rings. The van der Waals surface area contributed by atoms with Gasteiger partial charge in [-0.05, 0) is 0 Å². The minimum absolute atomic E-state index is 1.06. The number of rotatable bonds is 11. The van der Waals surface area contributed by atoms with Gasteiger partial charge in [0.2, 0.25) is 0 Å². The number of unbranched alkanes of at least 4 members (excludes halogenated alkanes) is 3. The first-order valence-electron chi connectivity index (χ1n) is 9.49. The Labute approximate surface area is 155 Å². The fourth-order valence-electron chi connectivity index (χ4n) is 3.58. The third-order valence-electron chi connectivity index (χ3n) is 4.95. The van der Waals surface area contributed by atoms with E-state index in [1.165, 1.54) is 51.8 Å². The van der Waals surface area contributed by atoms with E-state index in [1.807, 2.05) is 12.4 Å². The minimum atomic E-state index is -2.49. The zero-order valence-electron chi connectivity index (χ0n) is 15.4. The van der Waals surface area contributed by atoms with E-state index in [0.29, 0.717) is 0 Å². The van der Waals surface area contributed by atoms with Crippen molar-refractivity contribution in [2.75, 3.05) is 0 Å². The summed E-state index contributed by atoms with van der Waals surface area (Å²) in [5, 5.41) is 11.9. The molecule has 24 heavy (non-hydrogen) atoms. The Kier molecular flexibility index (Phi) is 8.67. The van der Waals surface area contributed by atoms with Gasteiger partial charge >= 0.3 is 156 Å². The molecule has 5 heteroatoms. The standard InChI is InChI=1S/C7H4N3S.3C4H9.Sn/c1-2-6(10-9-3-1)7-8-4-5-11-7;3*1-3-4-2;/h1,3-5H;3*1,3-4H2,2H3;. The molecule has 132 valence electrons. The summed E-state index contributed by atoms with van der Waals surface area (Å²) < 4.78 is 5.95. The fraction of sp³-hybridized carbons (Fsp3) is 0.632. The number of aromatic nitrogens is 3. The van der Waals surface area contributed by atoms with Crippen LogP contribution in [0.5, 0.6) is 0 Å². The summed E-state index contributed by atoms with van der Waals surface area (Å²) in [6.07, 6.45) is 11.8. The molecule has 0 bridgehead atoms. The maximum atomic E-state index is 4.56. The SMILES string of the molecule is CCC[CH2][Sn]([CH2]CCC)([CH2]CCC)[c]1ccnnc1-c1nccs1. The maximum absolute atomic E-state index is 4.56. The van der Waals surface area contributed by atoms with Crippen molar-refractivity contribution in [2.24, 2.45) is 0 Å². The molecule has 2 heterocycles. The number of hydrogen-bond acceptors (Lipinski definition) is 4. The molecule has 2 rings (SSSR count). The first-order valence-corrected chi connectivity index (χ1v) is 17.9. The number of thiazole rings is 1. The first-order chi connectivity index (χ1) is 11.8. The van der Waals surface area contributed by atoms with E-state index < -0.39 is 18.4 Å². The van der Waals surface area contributed by atoms with Crippen LogP contribution in [0, 0.1) is 0 Å². The molecule has 0 aromatic carbocycles. The van der Waals surface area contributed by atoms with Crippen LogP contribution >= 0.6 is 11.3 Å².